The summed E-state index contributed by atoms with van der Waals surface area (Å²) in [7, 11) is -5.23. The average Bonchev–Trinajstić information content (AvgIpc) is 4.08. The van der Waals surface area contributed by atoms with Gasteiger partial charge in [0.2, 0.25) is 0 Å². The second-order valence-electron chi connectivity index (χ2n) is 18.9. The molecule has 0 bridgehead atoms. The minimum atomic E-state index is -2.76. The number of rotatable bonds is 9. The molecular weight excluding hydrogens is 808 g/mol. The molecule has 0 spiro atoms. The Morgan fingerprint density at radius 2 is 1.23 bits per heavy atom. The average molecular weight is 877 g/mol. The molecule has 2 aromatic rings. The maximum atomic E-state index is 13.5. The van der Waals surface area contributed by atoms with E-state index < -0.39 is 19.5 Å². The lowest BCUT2D eigenvalue weighted by Gasteiger charge is -2.45. The van der Waals surface area contributed by atoms with Gasteiger partial charge in [0, 0.05) is 19.5 Å². The minimum Gasteiger partial charge on any atom is -0.393 e. The Hall–Kier alpha value is -0.970. The van der Waals surface area contributed by atoms with Gasteiger partial charge in [-0.1, -0.05) is 113 Å². The molecule has 6 fully saturated rings. The number of benzene rings is 2. The van der Waals surface area contributed by atoms with E-state index in [1.54, 1.807) is 12.1 Å². The van der Waals surface area contributed by atoms with E-state index in [1.165, 1.54) is 49.4 Å². The van der Waals surface area contributed by atoms with E-state index in [2.05, 4.69) is 57.2 Å². The Morgan fingerprint density at radius 1 is 0.717 bits per heavy atom. The van der Waals surface area contributed by atoms with Gasteiger partial charge in [0.05, 0.1) is 30.3 Å². The number of aliphatic hydroxyl groups excluding tert-OH is 1. The van der Waals surface area contributed by atoms with Gasteiger partial charge in [-0.3, -0.25) is 0 Å². The summed E-state index contributed by atoms with van der Waals surface area (Å²) in [5.41, 5.74) is 0.922. The summed E-state index contributed by atoms with van der Waals surface area (Å²) in [5.74, 6) is 5.48. The Balaban J connectivity index is 0.000000150. The van der Waals surface area contributed by atoms with Gasteiger partial charge in [-0.05, 0) is 154 Å². The highest BCUT2D eigenvalue weighted by Crippen LogP contribution is 2.61. The van der Waals surface area contributed by atoms with Crippen LogP contribution < -0.4 is 0 Å². The van der Waals surface area contributed by atoms with Crippen molar-refractivity contribution >= 4 is 42.0 Å². The molecule has 0 heterocycles. The lowest BCUT2D eigenvalue weighted by molar-refractivity contribution is -0.0278. The molecule has 53 heavy (non-hydrogen) atoms. The quantitative estimate of drug-likeness (QED) is 0.173. The Labute approximate surface area is 337 Å². The van der Waals surface area contributed by atoms with E-state index in [-0.39, 0.29) is 21.5 Å². The SMILES string of the molecule is C[C@H](CC1(S(=N)(=O)c2ccccc2)CC1)C1CC[C@H]2[C@@H](O)CCC[C@]12C.C[C@H](CI)C1CC[C@H]2[C@@H](C)CCC[C@]12C.N=S(=O)(c1ccccc1)C1CC1. The molecule has 0 aromatic heterocycles. The minimum absolute atomic E-state index is 0.125. The van der Waals surface area contributed by atoms with Crippen molar-refractivity contribution in [3.05, 3.63) is 60.7 Å². The van der Waals surface area contributed by atoms with Crippen LogP contribution in [-0.4, -0.2) is 34.1 Å². The maximum Gasteiger partial charge on any atom is 0.0784 e. The van der Waals surface area contributed by atoms with Crippen molar-refractivity contribution in [1.82, 2.24) is 0 Å². The van der Waals surface area contributed by atoms with Crippen molar-refractivity contribution in [2.75, 3.05) is 4.43 Å². The van der Waals surface area contributed by atoms with Crippen LogP contribution in [0.15, 0.2) is 70.5 Å². The highest BCUT2D eigenvalue weighted by molar-refractivity contribution is 14.1. The van der Waals surface area contributed by atoms with Crippen molar-refractivity contribution in [1.29, 1.82) is 9.56 Å². The zero-order valence-electron chi connectivity index (χ0n) is 33.2. The van der Waals surface area contributed by atoms with E-state index in [0.717, 1.165) is 75.0 Å². The second kappa shape index (κ2) is 16.5. The highest BCUT2D eigenvalue weighted by atomic mass is 127. The second-order valence-corrected chi connectivity index (χ2v) is 24.6. The fourth-order valence-corrected chi connectivity index (χ4v) is 16.9. The van der Waals surface area contributed by atoms with Crippen LogP contribution in [0.3, 0.4) is 0 Å². The summed E-state index contributed by atoms with van der Waals surface area (Å²) in [4.78, 5) is 1.39. The number of hydrogen-bond donors (Lipinski definition) is 3. The van der Waals surface area contributed by atoms with Crippen LogP contribution in [-0.2, 0) is 19.5 Å². The van der Waals surface area contributed by atoms with Gasteiger partial charge in [-0.2, -0.15) is 0 Å². The van der Waals surface area contributed by atoms with Gasteiger partial charge in [-0.15, -0.1) is 0 Å². The summed E-state index contributed by atoms with van der Waals surface area (Å²) >= 11 is 2.58. The lowest BCUT2D eigenvalue weighted by atomic mass is 9.60. The van der Waals surface area contributed by atoms with Crippen molar-refractivity contribution in [2.24, 2.45) is 52.3 Å². The summed E-state index contributed by atoms with van der Waals surface area (Å²) in [6.45, 7) is 12.3. The molecular formula is C45H69IN2O3S2. The van der Waals surface area contributed by atoms with Crippen LogP contribution in [0.25, 0.3) is 0 Å². The zero-order chi connectivity index (χ0) is 38.2. The van der Waals surface area contributed by atoms with Crippen molar-refractivity contribution in [3.63, 3.8) is 0 Å². The molecule has 6 aliphatic carbocycles. The first-order valence-corrected chi connectivity index (χ1v) is 25.7. The first kappa shape index (κ1) is 41.7. The van der Waals surface area contributed by atoms with Gasteiger partial charge in [0.1, 0.15) is 0 Å². The lowest BCUT2D eigenvalue weighted by Crippen LogP contribution is -2.42. The molecule has 6 aliphatic rings. The maximum absolute atomic E-state index is 13.5. The van der Waals surface area contributed by atoms with Gasteiger partial charge >= 0.3 is 0 Å². The predicted octanol–water partition coefficient (Wildman–Crippen LogP) is 12.4. The molecule has 5 nitrogen and oxygen atoms in total. The number of alkyl halides is 1. The van der Waals surface area contributed by atoms with E-state index in [9.17, 15) is 13.5 Å². The Morgan fingerprint density at radius 3 is 1.77 bits per heavy atom. The molecule has 296 valence electrons. The molecule has 3 N–H and O–H groups in total. The predicted molar refractivity (Wildman–Crippen MR) is 229 cm³/mol. The van der Waals surface area contributed by atoms with Gasteiger partial charge < -0.3 is 5.11 Å². The van der Waals surface area contributed by atoms with Crippen LogP contribution in [0.1, 0.15) is 131 Å². The topological polar surface area (TPSA) is 102 Å². The fourth-order valence-electron chi connectivity index (χ4n) is 12.3. The molecule has 12 atom stereocenters. The van der Waals surface area contributed by atoms with Crippen molar-refractivity contribution in [3.8, 4) is 0 Å². The Bertz CT molecular complexity index is 1730. The van der Waals surface area contributed by atoms with Crippen LogP contribution in [0, 0.1) is 61.8 Å². The molecule has 0 saturated heterocycles. The highest BCUT2D eigenvalue weighted by Gasteiger charge is 2.57. The number of hydrogen-bond acceptors (Lipinski definition) is 5. The third-order valence-corrected chi connectivity index (χ3v) is 22.1. The third-order valence-electron chi connectivity index (χ3n) is 15.6. The standard InChI is InChI=1S/C22H33NO2S.C14H25I.C9H11NOS/c1-16(18-10-11-19-20(24)9-6-12-21(18,19)2)15-22(13-14-22)26(23,25)17-7-4-3-5-8-17;1-10-5-4-8-14(3)12(10)6-7-13(14)11(2)9-15;10-12(11,9-6-7-9)8-4-2-1-3-5-8/h3-5,7-8,16,18-20,23-24H,6,9-15H2,1-2H3;10-13H,4-9H2,1-3H3;1-5,9-10H,6-7H2/t16-,18?,19+,20+,21-,26?;10-,11+,12-,13?,14-;/m10./s1. The Kier molecular flexibility index (Phi) is 13.0. The van der Waals surface area contributed by atoms with E-state index in [4.69, 9.17) is 9.56 Å². The molecule has 2 aromatic carbocycles. The van der Waals surface area contributed by atoms with Crippen molar-refractivity contribution in [2.45, 2.75) is 157 Å². The molecule has 8 heteroatoms. The van der Waals surface area contributed by atoms with E-state index in [0.29, 0.717) is 33.0 Å². The third kappa shape index (κ3) is 8.37. The molecule has 0 aliphatic heterocycles. The van der Waals surface area contributed by atoms with Gasteiger partial charge in [0.25, 0.3) is 0 Å². The first-order chi connectivity index (χ1) is 25.1. The normalized spacial score (nSPS) is 37.5. The zero-order valence-corrected chi connectivity index (χ0v) is 37.0. The number of halogens is 1. The number of aliphatic hydroxyl groups is 1. The van der Waals surface area contributed by atoms with Crippen LogP contribution in [0.2, 0.25) is 0 Å². The first-order valence-electron chi connectivity index (χ1n) is 21.0. The smallest absolute Gasteiger partial charge is 0.0784 e. The monoisotopic (exact) mass is 876 g/mol. The van der Waals surface area contributed by atoms with Crippen LogP contribution >= 0.6 is 22.6 Å². The van der Waals surface area contributed by atoms with E-state index >= 15 is 0 Å². The van der Waals surface area contributed by atoms with E-state index in [1.807, 2.05) is 48.5 Å². The van der Waals surface area contributed by atoms with Gasteiger partial charge in [-0.25, -0.2) is 18.0 Å². The number of fused-ring (bicyclic) bond motifs is 2. The van der Waals surface area contributed by atoms with Crippen molar-refractivity contribution < 1.29 is 13.5 Å². The number of nitrogens with one attached hydrogen (secondary N) is 2. The summed E-state index contributed by atoms with van der Waals surface area (Å²) < 4.78 is 42.8. The van der Waals surface area contributed by atoms with Gasteiger partial charge in [0.15, 0.2) is 0 Å². The summed E-state index contributed by atoms with van der Waals surface area (Å²) in [6, 6.07) is 18.6. The van der Waals surface area contributed by atoms with Crippen LogP contribution in [0.5, 0.6) is 0 Å². The van der Waals surface area contributed by atoms with Crippen LogP contribution in [0.4, 0.5) is 0 Å². The largest absolute Gasteiger partial charge is 0.393 e. The summed E-state index contributed by atoms with van der Waals surface area (Å²) in [6.07, 6.45) is 17.6. The molecule has 6 saturated carbocycles. The molecule has 0 amide bonds. The molecule has 4 unspecified atom stereocenters. The molecule has 0 radical (unpaired) electrons. The summed E-state index contributed by atoms with van der Waals surface area (Å²) in [5, 5.41) is 10.6. The molecule has 8 rings (SSSR count). The fraction of sp³-hybridized carbons (Fsp3) is 0.733.